The third-order valence-electron chi connectivity index (χ3n) is 5.36. The van der Waals surface area contributed by atoms with Gasteiger partial charge in [0.2, 0.25) is 5.91 Å². The molecule has 1 N–H and O–H groups in total. The fourth-order valence-electron chi connectivity index (χ4n) is 3.63. The van der Waals surface area contributed by atoms with Gasteiger partial charge in [-0.05, 0) is 67.3 Å². The molecule has 2 aromatic carbocycles. The lowest BCUT2D eigenvalue weighted by Crippen LogP contribution is -2.42. The molecular weight excluding hydrogens is 424 g/mol. The second-order valence-electron chi connectivity index (χ2n) is 7.47. The minimum atomic E-state index is -3.96. The molecule has 0 unspecified atom stereocenters. The molecule has 0 heterocycles. The Bertz CT molecular complexity index is 940. The second-order valence-corrected chi connectivity index (χ2v) is 9.77. The molecule has 0 bridgehead atoms. The zero-order valence-corrected chi connectivity index (χ0v) is 18.6. The van der Waals surface area contributed by atoms with Crippen molar-refractivity contribution in [3.05, 3.63) is 53.6 Å². The van der Waals surface area contributed by atoms with Crippen LogP contribution in [0.25, 0.3) is 0 Å². The van der Waals surface area contributed by atoms with Crippen LogP contribution < -0.4 is 14.4 Å². The van der Waals surface area contributed by atoms with Gasteiger partial charge in [0.15, 0.2) is 0 Å². The van der Waals surface area contributed by atoms with Gasteiger partial charge in [0.1, 0.15) is 12.3 Å². The summed E-state index contributed by atoms with van der Waals surface area (Å²) in [6, 6.07) is 12.5. The lowest BCUT2D eigenvalue weighted by atomic mass is 9.89. The summed E-state index contributed by atoms with van der Waals surface area (Å²) in [4.78, 5) is 12.7. The number of carbonyl (C=O) groups is 1. The minimum absolute atomic E-state index is 0.0818. The number of amides is 1. The highest BCUT2D eigenvalue weighted by Gasteiger charge is 2.27. The summed E-state index contributed by atoms with van der Waals surface area (Å²) < 4.78 is 32.9. The van der Waals surface area contributed by atoms with Crippen molar-refractivity contribution in [2.75, 3.05) is 24.5 Å². The van der Waals surface area contributed by atoms with Gasteiger partial charge in [0.05, 0.1) is 17.7 Å². The van der Waals surface area contributed by atoms with E-state index in [2.05, 4.69) is 5.32 Å². The number of methoxy groups -OCH3 is 1. The smallest absolute Gasteiger partial charge is 0.264 e. The van der Waals surface area contributed by atoms with Gasteiger partial charge < -0.3 is 10.1 Å². The van der Waals surface area contributed by atoms with E-state index in [1.54, 1.807) is 36.4 Å². The Morgan fingerprint density at radius 1 is 1.07 bits per heavy atom. The van der Waals surface area contributed by atoms with E-state index in [9.17, 15) is 13.2 Å². The number of ether oxygens (including phenoxy) is 1. The lowest BCUT2D eigenvalue weighted by Gasteiger charge is -2.26. The molecule has 1 amide bonds. The van der Waals surface area contributed by atoms with Gasteiger partial charge in [-0.15, -0.1) is 0 Å². The van der Waals surface area contributed by atoms with Crippen molar-refractivity contribution in [1.82, 2.24) is 5.32 Å². The fourth-order valence-corrected chi connectivity index (χ4v) is 5.18. The molecule has 2 aromatic rings. The van der Waals surface area contributed by atoms with E-state index in [0.717, 1.165) is 17.1 Å². The molecule has 162 valence electrons. The maximum Gasteiger partial charge on any atom is 0.264 e. The predicted molar refractivity (Wildman–Crippen MR) is 119 cm³/mol. The van der Waals surface area contributed by atoms with Crippen molar-refractivity contribution in [1.29, 1.82) is 0 Å². The molecule has 3 rings (SSSR count). The van der Waals surface area contributed by atoms with Crippen LogP contribution in [0.1, 0.15) is 32.1 Å². The fraction of sp³-hybridized carbons (Fsp3) is 0.409. The molecule has 1 fully saturated rings. The molecule has 30 heavy (non-hydrogen) atoms. The highest BCUT2D eigenvalue weighted by Crippen LogP contribution is 2.26. The van der Waals surface area contributed by atoms with Crippen LogP contribution in [0.15, 0.2) is 53.4 Å². The maximum atomic E-state index is 13.3. The summed E-state index contributed by atoms with van der Waals surface area (Å²) in [6.45, 7) is 0.276. The van der Waals surface area contributed by atoms with E-state index in [4.69, 9.17) is 16.3 Å². The van der Waals surface area contributed by atoms with E-state index in [1.165, 1.54) is 38.5 Å². The van der Waals surface area contributed by atoms with E-state index in [1.807, 2.05) is 0 Å². The Kier molecular flexibility index (Phi) is 7.61. The SMILES string of the molecule is COc1ccc(S(=O)(=O)N(CC(=O)NCC2CCCCC2)c2ccc(Cl)cc2)cc1. The van der Waals surface area contributed by atoms with E-state index in [-0.39, 0.29) is 17.3 Å². The van der Waals surface area contributed by atoms with E-state index >= 15 is 0 Å². The van der Waals surface area contributed by atoms with Crippen molar-refractivity contribution in [2.24, 2.45) is 5.92 Å². The quantitative estimate of drug-likeness (QED) is 0.652. The first kappa shape index (κ1) is 22.4. The van der Waals surface area contributed by atoms with E-state index in [0.29, 0.717) is 28.9 Å². The molecule has 0 radical (unpaired) electrons. The lowest BCUT2D eigenvalue weighted by molar-refractivity contribution is -0.119. The zero-order chi connectivity index (χ0) is 21.6. The van der Waals surface area contributed by atoms with Crippen LogP contribution in [-0.4, -0.2) is 34.5 Å². The van der Waals surface area contributed by atoms with Crippen molar-refractivity contribution < 1.29 is 17.9 Å². The Hall–Kier alpha value is -2.25. The first-order valence-corrected chi connectivity index (χ1v) is 11.9. The van der Waals surface area contributed by atoms with Crippen molar-refractivity contribution in [2.45, 2.75) is 37.0 Å². The van der Waals surface area contributed by atoms with Gasteiger partial charge in [0.25, 0.3) is 10.0 Å². The average molecular weight is 451 g/mol. The normalized spacial score (nSPS) is 14.9. The molecule has 8 heteroatoms. The van der Waals surface area contributed by atoms with Gasteiger partial charge in [-0.3, -0.25) is 9.10 Å². The van der Waals surface area contributed by atoms with Crippen LogP contribution in [0, 0.1) is 5.92 Å². The molecule has 1 aliphatic rings. The van der Waals surface area contributed by atoms with Gasteiger partial charge in [-0.1, -0.05) is 30.9 Å². The topological polar surface area (TPSA) is 75.7 Å². The Balaban J connectivity index is 1.80. The van der Waals surface area contributed by atoms with Crippen LogP contribution >= 0.6 is 11.6 Å². The molecule has 0 spiro atoms. The molecule has 1 aliphatic carbocycles. The van der Waals surface area contributed by atoms with Gasteiger partial charge in [-0.25, -0.2) is 8.42 Å². The summed E-state index contributed by atoms with van der Waals surface area (Å²) in [5, 5.41) is 3.40. The van der Waals surface area contributed by atoms with Crippen molar-refractivity contribution in [3.63, 3.8) is 0 Å². The predicted octanol–water partition coefficient (Wildman–Crippen LogP) is 4.24. The first-order valence-electron chi connectivity index (χ1n) is 10.1. The molecule has 0 atom stereocenters. The van der Waals surface area contributed by atoms with Gasteiger partial charge in [-0.2, -0.15) is 0 Å². The Morgan fingerprint density at radius 3 is 2.30 bits per heavy atom. The number of sulfonamides is 1. The third-order valence-corrected chi connectivity index (χ3v) is 7.40. The zero-order valence-electron chi connectivity index (χ0n) is 17.0. The third kappa shape index (κ3) is 5.67. The van der Waals surface area contributed by atoms with Crippen LogP contribution in [-0.2, 0) is 14.8 Å². The average Bonchev–Trinajstić information content (AvgIpc) is 2.77. The van der Waals surface area contributed by atoms with Crippen LogP contribution in [0.3, 0.4) is 0 Å². The largest absolute Gasteiger partial charge is 0.497 e. The van der Waals surface area contributed by atoms with Crippen LogP contribution in [0.2, 0.25) is 5.02 Å². The monoisotopic (exact) mass is 450 g/mol. The van der Waals surface area contributed by atoms with Gasteiger partial charge >= 0.3 is 0 Å². The number of halogens is 1. The standard InChI is InChI=1S/C22H27ClN2O4S/c1-29-20-11-13-21(14-12-20)30(27,28)25(19-9-7-18(23)8-10-19)16-22(26)24-15-17-5-3-2-4-6-17/h7-14,17H,2-6,15-16H2,1H3,(H,24,26). The molecule has 6 nitrogen and oxygen atoms in total. The molecular formula is C22H27ClN2O4S. The molecule has 0 aliphatic heterocycles. The number of rotatable bonds is 8. The highest BCUT2D eigenvalue weighted by atomic mass is 35.5. The molecule has 0 aromatic heterocycles. The van der Waals surface area contributed by atoms with Gasteiger partial charge in [0, 0.05) is 11.6 Å². The summed E-state index contributed by atoms with van der Waals surface area (Å²) in [5.74, 6) is 0.690. The number of anilines is 1. The summed E-state index contributed by atoms with van der Waals surface area (Å²) in [7, 11) is -2.44. The van der Waals surface area contributed by atoms with Crippen molar-refractivity contribution in [3.8, 4) is 5.75 Å². The second kappa shape index (κ2) is 10.2. The number of nitrogens with one attached hydrogen (secondary N) is 1. The minimum Gasteiger partial charge on any atom is -0.497 e. The van der Waals surface area contributed by atoms with E-state index < -0.39 is 10.0 Å². The number of nitrogens with zero attached hydrogens (tertiary/aromatic N) is 1. The summed E-state index contributed by atoms with van der Waals surface area (Å²) in [6.07, 6.45) is 5.82. The van der Waals surface area contributed by atoms with Crippen LogP contribution in [0.5, 0.6) is 5.75 Å². The van der Waals surface area contributed by atoms with Crippen molar-refractivity contribution >= 4 is 33.2 Å². The summed E-state index contributed by atoms with van der Waals surface area (Å²) in [5.41, 5.74) is 0.378. The maximum absolute atomic E-state index is 13.3. The van der Waals surface area contributed by atoms with Crippen LogP contribution in [0.4, 0.5) is 5.69 Å². The molecule has 1 saturated carbocycles. The number of hydrogen-bond acceptors (Lipinski definition) is 4. The number of benzene rings is 2. The first-order chi connectivity index (χ1) is 14.4. The number of carbonyl (C=O) groups excluding carboxylic acids is 1. The highest BCUT2D eigenvalue weighted by molar-refractivity contribution is 7.92. The molecule has 0 saturated heterocycles. The Morgan fingerprint density at radius 2 is 1.70 bits per heavy atom. The number of hydrogen-bond donors (Lipinski definition) is 1. The Labute approximate surface area is 183 Å². The summed E-state index contributed by atoms with van der Waals surface area (Å²) >= 11 is 5.96.